The third kappa shape index (κ3) is 3.31. The van der Waals surface area contributed by atoms with Crippen molar-refractivity contribution in [3.05, 3.63) is 30.2 Å². The van der Waals surface area contributed by atoms with Gasteiger partial charge in [-0.25, -0.2) is 0 Å². The first kappa shape index (κ1) is 14.0. The number of hydrogen-bond acceptors (Lipinski definition) is 4. The standard InChI is InChI=1S/C13H16N4O3/c1-9(14-11(18)6-4-7-12(19)20)13-16-15-10-5-2-3-8-17(10)13/h2-3,5,8-9H,4,6-7H2,1H3,(H,14,18)(H,19,20). The second-order valence-electron chi connectivity index (χ2n) is 4.52. The fraction of sp³-hybridized carbons (Fsp3) is 0.385. The number of aromatic nitrogens is 3. The van der Waals surface area contributed by atoms with Gasteiger partial charge in [0.25, 0.3) is 0 Å². The molecule has 2 heterocycles. The molecule has 1 unspecified atom stereocenters. The Labute approximate surface area is 115 Å². The molecule has 2 N–H and O–H groups in total. The van der Waals surface area contributed by atoms with Crippen molar-refractivity contribution in [1.82, 2.24) is 19.9 Å². The quantitative estimate of drug-likeness (QED) is 0.825. The van der Waals surface area contributed by atoms with Gasteiger partial charge in [0.2, 0.25) is 5.91 Å². The van der Waals surface area contributed by atoms with Crippen molar-refractivity contribution in [2.75, 3.05) is 0 Å². The molecule has 20 heavy (non-hydrogen) atoms. The van der Waals surface area contributed by atoms with Crippen molar-refractivity contribution in [2.45, 2.75) is 32.2 Å². The number of rotatable bonds is 6. The monoisotopic (exact) mass is 276 g/mol. The Kier molecular flexibility index (Phi) is 4.29. The van der Waals surface area contributed by atoms with Crippen LogP contribution in [0.25, 0.3) is 5.65 Å². The fourth-order valence-electron chi connectivity index (χ4n) is 1.93. The van der Waals surface area contributed by atoms with Crippen LogP contribution in [0.1, 0.15) is 38.1 Å². The van der Waals surface area contributed by atoms with Crippen LogP contribution < -0.4 is 5.32 Å². The number of carbonyl (C=O) groups excluding carboxylic acids is 1. The van der Waals surface area contributed by atoms with Crippen molar-refractivity contribution in [1.29, 1.82) is 0 Å². The van der Waals surface area contributed by atoms with E-state index in [2.05, 4.69) is 15.5 Å². The van der Waals surface area contributed by atoms with E-state index in [1.807, 2.05) is 35.7 Å². The van der Waals surface area contributed by atoms with Gasteiger partial charge < -0.3 is 10.4 Å². The summed E-state index contributed by atoms with van der Waals surface area (Å²) in [5, 5.41) is 19.4. The zero-order valence-corrected chi connectivity index (χ0v) is 11.1. The van der Waals surface area contributed by atoms with E-state index in [1.165, 1.54) is 0 Å². The van der Waals surface area contributed by atoms with E-state index >= 15 is 0 Å². The third-order valence-electron chi connectivity index (χ3n) is 2.90. The van der Waals surface area contributed by atoms with Gasteiger partial charge >= 0.3 is 5.97 Å². The smallest absolute Gasteiger partial charge is 0.303 e. The lowest BCUT2D eigenvalue weighted by Crippen LogP contribution is -2.27. The van der Waals surface area contributed by atoms with E-state index in [4.69, 9.17) is 5.11 Å². The van der Waals surface area contributed by atoms with Gasteiger partial charge in [-0.1, -0.05) is 6.07 Å². The Morgan fingerprint density at radius 2 is 2.15 bits per heavy atom. The van der Waals surface area contributed by atoms with Gasteiger partial charge in [0.05, 0.1) is 6.04 Å². The number of carbonyl (C=O) groups is 2. The Morgan fingerprint density at radius 1 is 1.35 bits per heavy atom. The zero-order chi connectivity index (χ0) is 14.5. The second-order valence-corrected chi connectivity index (χ2v) is 4.52. The lowest BCUT2D eigenvalue weighted by molar-refractivity contribution is -0.137. The minimum atomic E-state index is -0.894. The largest absolute Gasteiger partial charge is 0.481 e. The maximum Gasteiger partial charge on any atom is 0.303 e. The molecule has 2 rings (SSSR count). The summed E-state index contributed by atoms with van der Waals surface area (Å²) in [5.74, 6) is -0.437. The summed E-state index contributed by atoms with van der Waals surface area (Å²) in [4.78, 5) is 22.1. The highest BCUT2D eigenvalue weighted by molar-refractivity contribution is 5.77. The van der Waals surface area contributed by atoms with Crippen molar-refractivity contribution in [3.63, 3.8) is 0 Å². The first-order valence-electron chi connectivity index (χ1n) is 6.38. The molecule has 2 aromatic heterocycles. The van der Waals surface area contributed by atoms with E-state index < -0.39 is 5.97 Å². The van der Waals surface area contributed by atoms with Crippen LogP contribution in [0.15, 0.2) is 24.4 Å². The predicted octanol–water partition coefficient (Wildman–Crippen LogP) is 1.16. The number of aliphatic carboxylic acids is 1. The second kappa shape index (κ2) is 6.14. The van der Waals surface area contributed by atoms with Crippen LogP contribution in [0.4, 0.5) is 0 Å². The molecule has 2 aromatic rings. The molecular formula is C13H16N4O3. The van der Waals surface area contributed by atoms with Crippen molar-refractivity contribution >= 4 is 17.5 Å². The van der Waals surface area contributed by atoms with Crippen LogP contribution >= 0.6 is 0 Å². The van der Waals surface area contributed by atoms with Gasteiger partial charge in [-0.05, 0) is 25.5 Å². The van der Waals surface area contributed by atoms with Gasteiger partial charge in [0.1, 0.15) is 0 Å². The molecule has 0 bridgehead atoms. The molecule has 0 aliphatic carbocycles. The summed E-state index contributed by atoms with van der Waals surface area (Å²) in [5.41, 5.74) is 0.717. The Morgan fingerprint density at radius 3 is 2.90 bits per heavy atom. The van der Waals surface area contributed by atoms with Crippen LogP contribution in [0.2, 0.25) is 0 Å². The lowest BCUT2D eigenvalue weighted by Gasteiger charge is -2.12. The molecule has 106 valence electrons. The van der Waals surface area contributed by atoms with Crippen LogP contribution in [-0.2, 0) is 9.59 Å². The molecule has 0 aliphatic heterocycles. The average Bonchev–Trinajstić information content (AvgIpc) is 2.82. The van der Waals surface area contributed by atoms with Crippen LogP contribution in [0, 0.1) is 0 Å². The zero-order valence-electron chi connectivity index (χ0n) is 11.1. The molecule has 0 fully saturated rings. The van der Waals surface area contributed by atoms with E-state index in [1.54, 1.807) is 0 Å². The van der Waals surface area contributed by atoms with Crippen LogP contribution in [0.5, 0.6) is 0 Å². The van der Waals surface area contributed by atoms with E-state index in [9.17, 15) is 9.59 Å². The number of carboxylic acids is 1. The summed E-state index contributed by atoms with van der Waals surface area (Å²) in [6.07, 6.45) is 2.34. The minimum absolute atomic E-state index is 0.00430. The highest BCUT2D eigenvalue weighted by Gasteiger charge is 2.15. The Bertz CT molecular complexity index is 623. The summed E-state index contributed by atoms with van der Waals surface area (Å²) < 4.78 is 1.81. The molecule has 7 nitrogen and oxygen atoms in total. The molecule has 0 spiro atoms. The molecule has 1 amide bonds. The molecular weight excluding hydrogens is 260 g/mol. The SMILES string of the molecule is CC(NC(=O)CCCC(=O)O)c1nnc2ccccn12. The Hall–Kier alpha value is -2.44. The first-order valence-corrected chi connectivity index (χ1v) is 6.38. The summed E-state index contributed by atoms with van der Waals surface area (Å²) in [6, 6.07) is 5.27. The molecule has 7 heteroatoms. The highest BCUT2D eigenvalue weighted by atomic mass is 16.4. The van der Waals surface area contributed by atoms with Gasteiger partial charge in [0.15, 0.2) is 11.5 Å². The van der Waals surface area contributed by atoms with Gasteiger partial charge in [-0.2, -0.15) is 0 Å². The molecule has 1 atom stereocenters. The molecule has 0 saturated carbocycles. The first-order chi connectivity index (χ1) is 9.58. The number of hydrogen-bond donors (Lipinski definition) is 2. The van der Waals surface area contributed by atoms with Crippen LogP contribution in [0.3, 0.4) is 0 Å². The normalized spacial score (nSPS) is 12.2. The van der Waals surface area contributed by atoms with Crippen LogP contribution in [-0.4, -0.2) is 31.6 Å². The Balaban J connectivity index is 1.96. The highest BCUT2D eigenvalue weighted by Crippen LogP contribution is 2.12. The average molecular weight is 276 g/mol. The number of nitrogens with zero attached hydrogens (tertiary/aromatic N) is 3. The van der Waals surface area contributed by atoms with Gasteiger partial charge in [0, 0.05) is 19.0 Å². The number of fused-ring (bicyclic) bond motifs is 1. The van der Waals surface area contributed by atoms with Crippen molar-refractivity contribution in [3.8, 4) is 0 Å². The summed E-state index contributed by atoms with van der Waals surface area (Å²) in [7, 11) is 0. The maximum absolute atomic E-state index is 11.7. The minimum Gasteiger partial charge on any atom is -0.481 e. The van der Waals surface area contributed by atoms with E-state index in [0.29, 0.717) is 12.2 Å². The summed E-state index contributed by atoms with van der Waals surface area (Å²) in [6.45, 7) is 1.82. The predicted molar refractivity (Wildman–Crippen MR) is 71.0 cm³/mol. The van der Waals surface area contributed by atoms with Gasteiger partial charge in [-0.15, -0.1) is 10.2 Å². The number of amides is 1. The number of pyridine rings is 1. The van der Waals surface area contributed by atoms with Crippen molar-refractivity contribution in [2.24, 2.45) is 0 Å². The van der Waals surface area contributed by atoms with Crippen molar-refractivity contribution < 1.29 is 14.7 Å². The molecule has 0 aromatic carbocycles. The summed E-state index contributed by atoms with van der Waals surface area (Å²) >= 11 is 0. The van der Waals surface area contributed by atoms with E-state index in [0.717, 1.165) is 5.65 Å². The molecule has 0 aliphatic rings. The molecule has 0 saturated heterocycles. The number of nitrogens with one attached hydrogen (secondary N) is 1. The molecule has 0 radical (unpaired) electrons. The lowest BCUT2D eigenvalue weighted by atomic mass is 10.2. The maximum atomic E-state index is 11.7. The van der Waals surface area contributed by atoms with Gasteiger partial charge in [-0.3, -0.25) is 14.0 Å². The van der Waals surface area contributed by atoms with E-state index in [-0.39, 0.29) is 24.8 Å². The topological polar surface area (TPSA) is 96.6 Å². The third-order valence-corrected chi connectivity index (χ3v) is 2.90. The fourth-order valence-corrected chi connectivity index (χ4v) is 1.93. The number of carboxylic acid groups (broad SMARTS) is 1.